The summed E-state index contributed by atoms with van der Waals surface area (Å²) in [7, 11) is 12.6. The second-order valence-electron chi connectivity index (χ2n) is 14.4. The number of benzene rings is 4. The van der Waals surface area contributed by atoms with Crippen molar-refractivity contribution in [1.82, 2.24) is 0 Å². The number of carbonyl (C=O) groups excluding carboxylic acids is 2. The van der Waals surface area contributed by atoms with E-state index in [1.54, 1.807) is 81.1 Å². The molecule has 0 spiro atoms. The number of hydrogen-bond donors (Lipinski definition) is 0. The van der Waals surface area contributed by atoms with Crippen LogP contribution < -0.4 is 37.9 Å². The predicted molar refractivity (Wildman–Crippen MR) is 250 cm³/mol. The van der Waals surface area contributed by atoms with Crippen LogP contribution in [-0.4, -0.2) is 68.4 Å². The summed E-state index contributed by atoms with van der Waals surface area (Å²) in [5.74, 6) is 5.60. The summed E-state index contributed by atoms with van der Waals surface area (Å²) in [5, 5.41) is 0. The first-order valence-corrected chi connectivity index (χ1v) is 21.4. The summed E-state index contributed by atoms with van der Waals surface area (Å²) < 4.78 is 43.2. The van der Waals surface area contributed by atoms with Crippen molar-refractivity contribution in [1.29, 1.82) is 0 Å². The molecule has 0 amide bonds. The third kappa shape index (κ3) is 16.5. The molecule has 61 heavy (non-hydrogen) atoms. The van der Waals surface area contributed by atoms with Gasteiger partial charge in [0.2, 0.25) is 11.5 Å². The predicted octanol–water partition coefficient (Wildman–Crippen LogP) is 13.4. The topological polar surface area (TPSA) is 108 Å². The summed E-state index contributed by atoms with van der Waals surface area (Å²) in [6.07, 6.45) is 10.6. The highest BCUT2D eigenvalue weighted by molar-refractivity contribution is 5.98. The maximum absolute atomic E-state index is 12.4. The van der Waals surface area contributed by atoms with E-state index in [2.05, 4.69) is 41.5 Å². The van der Waals surface area contributed by atoms with Crippen molar-refractivity contribution >= 4 is 11.6 Å². The van der Waals surface area contributed by atoms with Crippen LogP contribution in [-0.2, 0) is 0 Å². The van der Waals surface area contributed by atoms with E-state index in [-0.39, 0.29) is 11.6 Å². The first-order valence-electron chi connectivity index (χ1n) is 21.4. The lowest BCUT2D eigenvalue weighted by molar-refractivity contribution is 0.0978. The van der Waals surface area contributed by atoms with E-state index in [0.717, 1.165) is 41.0 Å². The molecule has 1 unspecified atom stereocenters. The van der Waals surface area contributed by atoms with Gasteiger partial charge in [-0.1, -0.05) is 86.5 Å². The molecule has 0 aliphatic rings. The second kappa shape index (κ2) is 29.8. The Balaban J connectivity index is 0.000000484. The number of Topliss-reactive ketones (excluding diaryl/α,β-unsaturated/α-hetero) is 2. The van der Waals surface area contributed by atoms with Gasteiger partial charge in [-0.25, -0.2) is 0 Å². The molecule has 0 radical (unpaired) electrons. The molecule has 4 rings (SSSR count). The van der Waals surface area contributed by atoms with Gasteiger partial charge < -0.3 is 37.9 Å². The van der Waals surface area contributed by atoms with Gasteiger partial charge in [-0.05, 0) is 91.1 Å². The lowest BCUT2D eigenvalue weighted by atomic mass is 9.97. The average Bonchev–Trinajstić information content (AvgIpc) is 3.29. The maximum atomic E-state index is 12.4. The van der Waals surface area contributed by atoms with E-state index in [0.29, 0.717) is 63.5 Å². The van der Waals surface area contributed by atoms with Gasteiger partial charge >= 0.3 is 0 Å². The van der Waals surface area contributed by atoms with E-state index in [9.17, 15) is 9.59 Å². The lowest BCUT2D eigenvalue weighted by Gasteiger charge is -2.16. The Hall–Kier alpha value is -5.38. The summed E-state index contributed by atoms with van der Waals surface area (Å²) in [6.45, 7) is 14.8. The average molecular weight is 847 g/mol. The van der Waals surface area contributed by atoms with E-state index >= 15 is 0 Å². The normalized spacial score (nSPS) is 10.5. The van der Waals surface area contributed by atoms with E-state index in [4.69, 9.17) is 37.9 Å². The Labute approximate surface area is 367 Å². The molecule has 0 aliphatic heterocycles. The molecule has 0 N–H and O–H groups in total. The van der Waals surface area contributed by atoms with Crippen LogP contribution in [0.2, 0.25) is 0 Å². The fourth-order valence-corrected chi connectivity index (χ4v) is 6.26. The van der Waals surface area contributed by atoms with Crippen molar-refractivity contribution in [2.24, 2.45) is 5.92 Å². The first kappa shape index (κ1) is 53.6. The van der Waals surface area contributed by atoms with Crippen molar-refractivity contribution in [3.05, 3.63) is 71.8 Å². The summed E-state index contributed by atoms with van der Waals surface area (Å²) in [4.78, 5) is 24.1. The Morgan fingerprint density at radius 1 is 0.475 bits per heavy atom. The number of ether oxygens (including phenoxy) is 8. The standard InChI is InChI=1S/C21H26O5.C18H20O5.C7H16.C5H12/c1-6-7-8-17(22)14-9-10-18(23-2)16(11-14)15-12-19(24-3)21(26-5)20(13-15)25-4;1-11(19)12-6-7-15(20-2)14(8-12)13-9-16(21-3)18(23-5)17(10-13)22-4;1-4-6-7(3)5-2;1-3-5-4-2/h9-13H,6-8H2,1-5H3;6-10H,1-5H3;7H,4-6H2,1-3H3;3-5H2,1-2H3. The molecule has 10 heteroatoms. The van der Waals surface area contributed by atoms with Crippen molar-refractivity contribution < 1.29 is 47.5 Å². The van der Waals surface area contributed by atoms with Crippen LogP contribution in [0.15, 0.2) is 60.7 Å². The van der Waals surface area contributed by atoms with E-state index in [1.165, 1.54) is 45.4 Å². The molecule has 0 saturated heterocycles. The first-order chi connectivity index (χ1) is 29.4. The van der Waals surface area contributed by atoms with Crippen LogP contribution in [0.4, 0.5) is 0 Å². The Morgan fingerprint density at radius 2 is 0.852 bits per heavy atom. The second-order valence-corrected chi connectivity index (χ2v) is 14.4. The van der Waals surface area contributed by atoms with Gasteiger partial charge in [0.1, 0.15) is 11.5 Å². The molecule has 0 aliphatic carbocycles. The Kier molecular flexibility index (Phi) is 26.2. The minimum Gasteiger partial charge on any atom is -0.496 e. The monoisotopic (exact) mass is 847 g/mol. The third-order valence-corrected chi connectivity index (χ3v) is 10.0. The number of rotatable bonds is 20. The van der Waals surface area contributed by atoms with Crippen molar-refractivity contribution in [2.45, 2.75) is 106 Å². The van der Waals surface area contributed by atoms with Gasteiger partial charge in [0, 0.05) is 28.7 Å². The number of carbonyl (C=O) groups is 2. The number of methoxy groups -OCH3 is 8. The molecule has 4 aromatic rings. The highest BCUT2D eigenvalue weighted by Crippen LogP contribution is 2.45. The fourth-order valence-electron chi connectivity index (χ4n) is 6.26. The van der Waals surface area contributed by atoms with E-state index < -0.39 is 0 Å². The number of ketones is 2. The van der Waals surface area contributed by atoms with Crippen LogP contribution >= 0.6 is 0 Å². The van der Waals surface area contributed by atoms with Crippen LogP contribution in [0.25, 0.3) is 22.3 Å². The zero-order valence-electron chi connectivity index (χ0n) is 39.8. The van der Waals surface area contributed by atoms with Crippen LogP contribution in [0, 0.1) is 5.92 Å². The molecule has 338 valence electrons. The molecular weight excluding hydrogens is 773 g/mol. The van der Waals surface area contributed by atoms with Gasteiger partial charge in [-0.3, -0.25) is 9.59 Å². The highest BCUT2D eigenvalue weighted by atomic mass is 16.5. The molecule has 0 heterocycles. The number of unbranched alkanes of at least 4 members (excludes halogenated alkanes) is 3. The minimum atomic E-state index is -0.0126. The minimum absolute atomic E-state index is 0.0126. The van der Waals surface area contributed by atoms with Gasteiger partial charge in [0.25, 0.3) is 0 Å². The smallest absolute Gasteiger partial charge is 0.203 e. The van der Waals surface area contributed by atoms with Crippen molar-refractivity contribution in [3.8, 4) is 68.2 Å². The van der Waals surface area contributed by atoms with Crippen molar-refractivity contribution in [2.75, 3.05) is 56.9 Å². The number of hydrogen-bond acceptors (Lipinski definition) is 10. The fraction of sp³-hybridized carbons (Fsp3) is 0.490. The molecule has 1 atom stereocenters. The summed E-state index contributed by atoms with van der Waals surface area (Å²) in [6, 6.07) is 18.1. The largest absolute Gasteiger partial charge is 0.496 e. The molecule has 4 aromatic carbocycles. The summed E-state index contributed by atoms with van der Waals surface area (Å²) >= 11 is 0. The zero-order valence-corrected chi connectivity index (χ0v) is 39.8. The van der Waals surface area contributed by atoms with E-state index in [1.807, 2.05) is 36.4 Å². The Bertz CT molecular complexity index is 1850. The SMILES string of the molecule is CCCC(C)CC.CCCCC.CCCCC(=O)c1ccc(OC)c(-c2cc(OC)c(OC)c(OC)c2)c1.COc1ccc(C(C)=O)cc1-c1cc(OC)c(OC)c(OC)c1. The summed E-state index contributed by atoms with van der Waals surface area (Å²) in [5.41, 5.74) is 4.48. The molecule has 10 nitrogen and oxygen atoms in total. The molecular formula is C51H74O10. The highest BCUT2D eigenvalue weighted by Gasteiger charge is 2.19. The van der Waals surface area contributed by atoms with Crippen LogP contribution in [0.3, 0.4) is 0 Å². The molecule has 0 fully saturated rings. The van der Waals surface area contributed by atoms with Gasteiger partial charge in [0.05, 0.1) is 56.9 Å². The van der Waals surface area contributed by atoms with Gasteiger partial charge in [-0.15, -0.1) is 0 Å². The molecule has 0 saturated carbocycles. The van der Waals surface area contributed by atoms with Crippen LogP contribution in [0.5, 0.6) is 46.0 Å². The van der Waals surface area contributed by atoms with Gasteiger partial charge in [0.15, 0.2) is 34.6 Å². The zero-order chi connectivity index (χ0) is 45.9. The maximum Gasteiger partial charge on any atom is 0.203 e. The molecule has 0 aromatic heterocycles. The van der Waals surface area contributed by atoms with Gasteiger partial charge in [-0.2, -0.15) is 0 Å². The lowest BCUT2D eigenvalue weighted by Crippen LogP contribution is -2.01. The quantitative estimate of drug-likeness (QED) is 0.0798. The van der Waals surface area contributed by atoms with Crippen molar-refractivity contribution in [3.63, 3.8) is 0 Å². The molecule has 0 bridgehead atoms. The van der Waals surface area contributed by atoms with Crippen LogP contribution in [0.1, 0.15) is 127 Å². The Morgan fingerprint density at radius 3 is 1.13 bits per heavy atom. The third-order valence-electron chi connectivity index (χ3n) is 10.0.